The molecule has 2 aliphatic carbocycles. The zero-order valence-corrected chi connectivity index (χ0v) is 9.95. The number of rotatable bonds is 3. The van der Waals surface area contributed by atoms with Crippen molar-refractivity contribution in [3.8, 4) is 0 Å². The maximum Gasteiger partial charge on any atom is 0.248 e. The number of alkyl halides is 3. The van der Waals surface area contributed by atoms with Crippen molar-refractivity contribution in [1.82, 2.24) is 0 Å². The fourth-order valence-electron chi connectivity index (χ4n) is 2.63. The summed E-state index contributed by atoms with van der Waals surface area (Å²) in [5.74, 6) is -2.09. The maximum atomic E-state index is 13.1. The lowest BCUT2D eigenvalue weighted by Gasteiger charge is -2.31. The molecule has 0 aromatic carbocycles. The molecule has 0 spiro atoms. The van der Waals surface area contributed by atoms with Crippen molar-refractivity contribution in [3.63, 3.8) is 0 Å². The van der Waals surface area contributed by atoms with Gasteiger partial charge in [0.05, 0.1) is 0 Å². The molecule has 0 N–H and O–H groups in total. The molecular formula is C11H17BrF2. The normalized spacial score (nSPS) is 34.1. The molecule has 82 valence electrons. The molecule has 0 heterocycles. The minimum atomic E-state index is -2.37. The molecule has 2 fully saturated rings. The summed E-state index contributed by atoms with van der Waals surface area (Å²) in [5.41, 5.74) is 0.401. The van der Waals surface area contributed by atoms with Crippen molar-refractivity contribution in [2.24, 2.45) is 11.3 Å². The molecule has 1 atom stereocenters. The maximum absolute atomic E-state index is 13.1. The van der Waals surface area contributed by atoms with Gasteiger partial charge in [-0.1, -0.05) is 15.9 Å². The molecule has 1 unspecified atom stereocenters. The first kappa shape index (κ1) is 10.8. The highest BCUT2D eigenvalue weighted by molar-refractivity contribution is 9.09. The average molecular weight is 267 g/mol. The van der Waals surface area contributed by atoms with Crippen LogP contribution in [0.5, 0.6) is 0 Å². The third-order valence-electron chi connectivity index (χ3n) is 3.70. The van der Waals surface area contributed by atoms with E-state index in [1.165, 1.54) is 12.8 Å². The Balaban J connectivity index is 1.86. The standard InChI is InChI=1S/C11H17BrF2/c12-8-10(4-5-10)6-9-2-1-3-11(13,14)7-9/h9H,1-8H2. The molecule has 0 saturated heterocycles. The van der Waals surface area contributed by atoms with Crippen molar-refractivity contribution in [3.05, 3.63) is 0 Å². The van der Waals surface area contributed by atoms with E-state index in [1.807, 2.05) is 0 Å². The molecule has 2 aliphatic rings. The molecule has 0 amide bonds. The van der Waals surface area contributed by atoms with Gasteiger partial charge in [-0.2, -0.15) is 0 Å². The van der Waals surface area contributed by atoms with Crippen molar-refractivity contribution in [2.75, 3.05) is 5.33 Å². The molecule has 0 aromatic rings. The van der Waals surface area contributed by atoms with Gasteiger partial charge in [-0.15, -0.1) is 0 Å². The molecule has 0 aromatic heterocycles. The second-order valence-corrected chi connectivity index (χ2v) is 5.72. The van der Waals surface area contributed by atoms with Crippen LogP contribution in [0.3, 0.4) is 0 Å². The number of halogens is 3. The monoisotopic (exact) mass is 266 g/mol. The number of hydrogen-bond donors (Lipinski definition) is 0. The second-order valence-electron chi connectivity index (χ2n) is 5.16. The lowest BCUT2D eigenvalue weighted by atomic mass is 9.80. The van der Waals surface area contributed by atoms with E-state index in [4.69, 9.17) is 0 Å². The van der Waals surface area contributed by atoms with Crippen LogP contribution in [0.15, 0.2) is 0 Å². The van der Waals surface area contributed by atoms with Crippen LogP contribution in [0.1, 0.15) is 44.9 Å². The minimum Gasteiger partial charge on any atom is -0.207 e. The Morgan fingerprint density at radius 1 is 1.21 bits per heavy atom. The highest BCUT2D eigenvalue weighted by atomic mass is 79.9. The Kier molecular flexibility index (Phi) is 2.89. The summed E-state index contributed by atoms with van der Waals surface area (Å²) in [5, 5.41) is 1.00. The Morgan fingerprint density at radius 3 is 2.43 bits per heavy atom. The lowest BCUT2D eigenvalue weighted by molar-refractivity contribution is -0.0558. The van der Waals surface area contributed by atoms with Gasteiger partial charge in [-0.25, -0.2) is 8.78 Å². The Hall–Kier alpha value is 0.340. The van der Waals surface area contributed by atoms with Crippen molar-refractivity contribution < 1.29 is 8.78 Å². The molecule has 2 saturated carbocycles. The predicted molar refractivity (Wildman–Crippen MR) is 57.0 cm³/mol. The summed E-state index contributed by atoms with van der Waals surface area (Å²) in [6.45, 7) is 0. The van der Waals surface area contributed by atoms with E-state index < -0.39 is 5.92 Å². The topological polar surface area (TPSA) is 0 Å². The lowest BCUT2D eigenvalue weighted by Crippen LogP contribution is -2.27. The summed E-state index contributed by atoms with van der Waals surface area (Å²) >= 11 is 3.50. The summed E-state index contributed by atoms with van der Waals surface area (Å²) in [6.07, 6.45) is 5.49. The van der Waals surface area contributed by atoms with Gasteiger partial charge in [-0.3, -0.25) is 0 Å². The molecule has 0 aliphatic heterocycles. The van der Waals surface area contributed by atoms with Crippen LogP contribution >= 0.6 is 15.9 Å². The Bertz CT molecular complexity index is 211. The first-order chi connectivity index (χ1) is 6.55. The second kappa shape index (κ2) is 3.73. The van der Waals surface area contributed by atoms with Crippen LogP contribution in [0, 0.1) is 11.3 Å². The summed E-state index contributed by atoms with van der Waals surface area (Å²) in [6, 6.07) is 0. The van der Waals surface area contributed by atoms with E-state index >= 15 is 0 Å². The molecule has 14 heavy (non-hydrogen) atoms. The van der Waals surface area contributed by atoms with Gasteiger partial charge in [0, 0.05) is 18.2 Å². The van der Waals surface area contributed by atoms with Crippen LogP contribution in [-0.2, 0) is 0 Å². The number of hydrogen-bond acceptors (Lipinski definition) is 0. The van der Waals surface area contributed by atoms with Gasteiger partial charge in [0.15, 0.2) is 0 Å². The molecule has 0 bridgehead atoms. The van der Waals surface area contributed by atoms with Crippen LogP contribution < -0.4 is 0 Å². The van der Waals surface area contributed by atoms with E-state index in [-0.39, 0.29) is 18.8 Å². The quantitative estimate of drug-likeness (QED) is 0.666. The Morgan fingerprint density at radius 2 is 1.93 bits per heavy atom. The van der Waals surface area contributed by atoms with Gasteiger partial charge < -0.3 is 0 Å². The fourth-order valence-corrected chi connectivity index (χ4v) is 3.42. The Labute approximate surface area is 92.6 Å². The van der Waals surface area contributed by atoms with Crippen LogP contribution in [0.25, 0.3) is 0 Å². The summed E-state index contributed by atoms with van der Waals surface area (Å²) in [4.78, 5) is 0. The fraction of sp³-hybridized carbons (Fsp3) is 1.00. The van der Waals surface area contributed by atoms with Gasteiger partial charge in [0.2, 0.25) is 5.92 Å². The summed E-state index contributed by atoms with van der Waals surface area (Å²) in [7, 11) is 0. The molecule has 0 nitrogen and oxygen atoms in total. The smallest absolute Gasteiger partial charge is 0.207 e. The predicted octanol–water partition coefficient (Wildman–Crippen LogP) is 4.38. The SMILES string of the molecule is FC1(F)CCCC(CC2(CBr)CC2)C1. The molecular weight excluding hydrogens is 250 g/mol. The molecule has 2 rings (SSSR count). The van der Waals surface area contributed by atoms with Crippen molar-refractivity contribution in [2.45, 2.75) is 50.9 Å². The highest BCUT2D eigenvalue weighted by Crippen LogP contribution is 2.54. The first-order valence-corrected chi connectivity index (χ1v) is 6.61. The van der Waals surface area contributed by atoms with Gasteiger partial charge >= 0.3 is 0 Å². The summed E-state index contributed by atoms with van der Waals surface area (Å²) < 4.78 is 26.3. The van der Waals surface area contributed by atoms with Crippen molar-refractivity contribution >= 4 is 15.9 Å². The van der Waals surface area contributed by atoms with Gasteiger partial charge in [0.1, 0.15) is 0 Å². The van der Waals surface area contributed by atoms with Crippen molar-refractivity contribution in [1.29, 1.82) is 0 Å². The molecule has 0 radical (unpaired) electrons. The van der Waals surface area contributed by atoms with E-state index in [2.05, 4.69) is 15.9 Å². The van der Waals surface area contributed by atoms with Gasteiger partial charge in [0.25, 0.3) is 0 Å². The van der Waals surface area contributed by atoms with Crippen LogP contribution in [0.2, 0.25) is 0 Å². The first-order valence-electron chi connectivity index (χ1n) is 5.49. The molecule has 3 heteroatoms. The van der Waals surface area contributed by atoms with E-state index in [9.17, 15) is 8.78 Å². The van der Waals surface area contributed by atoms with Gasteiger partial charge in [-0.05, 0) is 43.4 Å². The zero-order chi connectivity index (χ0) is 10.2. The van der Waals surface area contributed by atoms with Crippen LogP contribution in [-0.4, -0.2) is 11.3 Å². The third kappa shape index (κ3) is 2.47. The van der Waals surface area contributed by atoms with Crippen LogP contribution in [0.4, 0.5) is 8.78 Å². The largest absolute Gasteiger partial charge is 0.248 e. The van der Waals surface area contributed by atoms with E-state index in [0.29, 0.717) is 5.41 Å². The average Bonchev–Trinajstić information content (AvgIpc) is 2.84. The minimum absolute atomic E-state index is 0.116. The third-order valence-corrected chi connectivity index (χ3v) is 4.89. The highest BCUT2D eigenvalue weighted by Gasteiger charge is 2.46. The van der Waals surface area contributed by atoms with E-state index in [1.54, 1.807) is 0 Å². The van der Waals surface area contributed by atoms with E-state index in [0.717, 1.165) is 24.6 Å². The zero-order valence-electron chi connectivity index (χ0n) is 8.37.